The van der Waals surface area contributed by atoms with Gasteiger partial charge in [-0.15, -0.1) is 0 Å². The molecule has 1 saturated carbocycles. The minimum Gasteiger partial charge on any atom is -0.491 e. The van der Waals surface area contributed by atoms with Gasteiger partial charge in [-0.1, -0.05) is 29.8 Å². The number of amides is 1. The van der Waals surface area contributed by atoms with E-state index in [1.807, 2.05) is 24.0 Å². The van der Waals surface area contributed by atoms with E-state index >= 15 is 0 Å². The fourth-order valence-corrected chi connectivity index (χ4v) is 4.91. The molecule has 1 aliphatic heterocycles. The molecule has 188 valence electrons. The van der Waals surface area contributed by atoms with Gasteiger partial charge in [0.25, 0.3) is 0 Å². The zero-order chi connectivity index (χ0) is 24.9. The van der Waals surface area contributed by atoms with Gasteiger partial charge in [0.2, 0.25) is 5.91 Å². The first-order valence-electron chi connectivity index (χ1n) is 12.5. The van der Waals surface area contributed by atoms with Crippen LogP contribution in [0.4, 0.5) is 4.39 Å². The van der Waals surface area contributed by atoms with Crippen molar-refractivity contribution in [3.63, 3.8) is 0 Å². The van der Waals surface area contributed by atoms with Gasteiger partial charge in [0.15, 0.2) is 0 Å². The van der Waals surface area contributed by atoms with Gasteiger partial charge in [-0.25, -0.2) is 4.39 Å². The average Bonchev–Trinajstić information content (AvgIpc) is 3.54. The van der Waals surface area contributed by atoms with Gasteiger partial charge in [-0.2, -0.15) is 0 Å². The Labute approximate surface area is 212 Å². The second-order valence-corrected chi connectivity index (χ2v) is 10.3. The third-order valence-electron chi connectivity index (χ3n) is 6.85. The fraction of sp³-hybridized carbons (Fsp3) is 0.500. The van der Waals surface area contributed by atoms with E-state index in [0.29, 0.717) is 38.5 Å². The van der Waals surface area contributed by atoms with Gasteiger partial charge in [0.1, 0.15) is 24.0 Å². The molecule has 2 fully saturated rings. The van der Waals surface area contributed by atoms with Crippen LogP contribution in [0.2, 0.25) is 5.02 Å². The van der Waals surface area contributed by atoms with Crippen LogP contribution in [0.5, 0.6) is 5.75 Å². The highest BCUT2D eigenvalue weighted by molar-refractivity contribution is 6.30. The number of likely N-dealkylation sites (tertiary alicyclic amines) is 1. The van der Waals surface area contributed by atoms with E-state index in [2.05, 4.69) is 17.0 Å². The molecule has 5 nitrogen and oxygen atoms in total. The van der Waals surface area contributed by atoms with Crippen LogP contribution in [-0.2, 0) is 16.1 Å². The Morgan fingerprint density at radius 1 is 1.26 bits per heavy atom. The lowest BCUT2D eigenvalue weighted by Crippen LogP contribution is -2.32. The fourth-order valence-electron chi connectivity index (χ4n) is 4.80. The van der Waals surface area contributed by atoms with E-state index in [1.54, 1.807) is 13.0 Å². The first-order valence-corrected chi connectivity index (χ1v) is 12.9. The highest BCUT2D eigenvalue weighted by atomic mass is 35.5. The molecule has 0 N–H and O–H groups in total. The van der Waals surface area contributed by atoms with Crippen molar-refractivity contribution >= 4 is 23.3 Å². The van der Waals surface area contributed by atoms with Crippen molar-refractivity contribution < 1.29 is 18.7 Å². The maximum atomic E-state index is 14.3. The molecule has 2 aromatic rings. The molecule has 1 saturated heterocycles. The summed E-state index contributed by atoms with van der Waals surface area (Å²) in [6, 6.07) is 10.8. The zero-order valence-corrected chi connectivity index (χ0v) is 21.3. The summed E-state index contributed by atoms with van der Waals surface area (Å²) in [4.78, 5) is 28.1. The standard InChI is InChI=1S/C28H34ClFN2O3/c1-19-14-22(7-10-27(19)35-13-12-31-11-3-4-28(31)34)18-32(17-21-5-6-21)26(15-20(2)33)23-8-9-24(29)25(30)16-23/h7-10,14,16,21,26H,3-6,11-13,15,17-18H2,1-2H3. The molecule has 0 bridgehead atoms. The molecule has 1 unspecified atom stereocenters. The van der Waals surface area contributed by atoms with E-state index in [9.17, 15) is 14.0 Å². The molecule has 0 radical (unpaired) electrons. The number of hydrogen-bond acceptors (Lipinski definition) is 4. The van der Waals surface area contributed by atoms with Crippen LogP contribution in [0.15, 0.2) is 36.4 Å². The molecule has 0 aromatic heterocycles. The van der Waals surface area contributed by atoms with Gasteiger partial charge in [0.05, 0.1) is 11.6 Å². The van der Waals surface area contributed by atoms with Gasteiger partial charge in [0, 0.05) is 38.5 Å². The number of benzene rings is 2. The highest BCUT2D eigenvalue weighted by Gasteiger charge is 2.30. The van der Waals surface area contributed by atoms with Gasteiger partial charge >= 0.3 is 0 Å². The summed E-state index contributed by atoms with van der Waals surface area (Å²) in [5.74, 6) is 1.24. The minimum absolute atomic E-state index is 0.0718. The first kappa shape index (κ1) is 25.6. The van der Waals surface area contributed by atoms with Gasteiger partial charge < -0.3 is 9.64 Å². The Morgan fingerprint density at radius 3 is 2.69 bits per heavy atom. The van der Waals surface area contributed by atoms with Crippen molar-refractivity contribution in [2.24, 2.45) is 5.92 Å². The lowest BCUT2D eigenvalue weighted by Gasteiger charge is -2.32. The van der Waals surface area contributed by atoms with Crippen LogP contribution < -0.4 is 4.74 Å². The molecule has 1 amide bonds. The second kappa shape index (κ2) is 11.5. The highest BCUT2D eigenvalue weighted by Crippen LogP contribution is 2.36. The van der Waals surface area contributed by atoms with Crippen LogP contribution >= 0.6 is 11.6 Å². The maximum Gasteiger partial charge on any atom is 0.222 e. The molecule has 1 atom stereocenters. The number of carbonyl (C=O) groups is 2. The number of nitrogens with zero attached hydrogens (tertiary/aromatic N) is 2. The molecular weight excluding hydrogens is 467 g/mol. The third-order valence-corrected chi connectivity index (χ3v) is 7.16. The largest absolute Gasteiger partial charge is 0.491 e. The van der Waals surface area contributed by atoms with Gasteiger partial charge in [-0.05, 0) is 73.9 Å². The molecule has 7 heteroatoms. The van der Waals surface area contributed by atoms with E-state index in [0.717, 1.165) is 42.0 Å². The smallest absolute Gasteiger partial charge is 0.222 e. The number of aryl methyl sites for hydroxylation is 1. The van der Waals surface area contributed by atoms with E-state index in [4.69, 9.17) is 16.3 Å². The number of carbonyl (C=O) groups excluding carboxylic acids is 2. The molecular formula is C28H34ClFN2O3. The number of rotatable bonds is 12. The van der Waals surface area contributed by atoms with Crippen molar-refractivity contribution in [3.05, 3.63) is 63.9 Å². The molecule has 1 aliphatic carbocycles. The summed E-state index contributed by atoms with van der Waals surface area (Å²) in [7, 11) is 0. The number of Topliss-reactive ketones (excluding diaryl/α,β-unsaturated/α-hetero) is 1. The number of ketones is 1. The Hall–Kier alpha value is -2.44. The van der Waals surface area contributed by atoms with Crippen LogP contribution in [-0.4, -0.2) is 47.7 Å². The normalized spacial score (nSPS) is 16.7. The first-order chi connectivity index (χ1) is 16.8. The molecule has 2 aliphatic rings. The molecule has 1 heterocycles. The van der Waals surface area contributed by atoms with Gasteiger partial charge in [-0.3, -0.25) is 14.5 Å². The summed E-state index contributed by atoms with van der Waals surface area (Å²) in [6.07, 6.45) is 4.26. The Morgan fingerprint density at radius 2 is 2.06 bits per heavy atom. The number of halogens is 2. The molecule has 35 heavy (non-hydrogen) atoms. The van der Waals surface area contributed by atoms with Crippen molar-refractivity contribution in [2.75, 3.05) is 26.2 Å². The van der Waals surface area contributed by atoms with Crippen molar-refractivity contribution in [1.82, 2.24) is 9.80 Å². The molecule has 2 aromatic carbocycles. The van der Waals surface area contributed by atoms with Crippen molar-refractivity contribution in [2.45, 2.75) is 58.5 Å². The molecule has 4 rings (SSSR count). The predicted octanol–water partition coefficient (Wildman–Crippen LogP) is 5.72. The lowest BCUT2D eigenvalue weighted by atomic mass is 9.98. The van der Waals surface area contributed by atoms with E-state index in [1.165, 1.54) is 18.9 Å². The number of ether oxygens (including phenoxy) is 1. The second-order valence-electron chi connectivity index (χ2n) is 9.90. The van der Waals surface area contributed by atoms with Crippen LogP contribution in [0, 0.1) is 18.7 Å². The third kappa shape index (κ3) is 7.05. The number of hydrogen-bond donors (Lipinski definition) is 0. The van der Waals surface area contributed by atoms with Crippen molar-refractivity contribution in [1.29, 1.82) is 0 Å². The molecule has 0 spiro atoms. The summed E-state index contributed by atoms with van der Waals surface area (Å²) in [6.45, 7) is 7.02. The topological polar surface area (TPSA) is 49.9 Å². The van der Waals surface area contributed by atoms with Crippen LogP contribution in [0.25, 0.3) is 0 Å². The summed E-state index contributed by atoms with van der Waals surface area (Å²) in [5, 5.41) is 0.0874. The maximum absolute atomic E-state index is 14.3. The summed E-state index contributed by atoms with van der Waals surface area (Å²) < 4.78 is 20.3. The van der Waals surface area contributed by atoms with E-state index < -0.39 is 5.82 Å². The quantitative estimate of drug-likeness (QED) is 0.374. The lowest BCUT2D eigenvalue weighted by molar-refractivity contribution is -0.128. The zero-order valence-electron chi connectivity index (χ0n) is 20.6. The van der Waals surface area contributed by atoms with Crippen molar-refractivity contribution in [3.8, 4) is 5.75 Å². The van der Waals surface area contributed by atoms with Crippen LogP contribution in [0.1, 0.15) is 61.8 Å². The Balaban J connectivity index is 1.47. The van der Waals surface area contributed by atoms with Crippen LogP contribution in [0.3, 0.4) is 0 Å². The SMILES string of the molecule is CC(=O)CC(c1ccc(Cl)c(F)c1)N(Cc1ccc(OCCN2CCCC2=O)c(C)c1)CC1CC1. The average molecular weight is 501 g/mol. The Bertz CT molecular complexity index is 1070. The summed E-state index contributed by atoms with van der Waals surface area (Å²) >= 11 is 5.92. The predicted molar refractivity (Wildman–Crippen MR) is 135 cm³/mol. The van der Waals surface area contributed by atoms with E-state index in [-0.39, 0.29) is 22.8 Å². The monoisotopic (exact) mass is 500 g/mol. The Kier molecular flexibility index (Phi) is 8.45. The minimum atomic E-state index is -0.461. The summed E-state index contributed by atoms with van der Waals surface area (Å²) in [5.41, 5.74) is 2.92.